The second-order valence-electron chi connectivity index (χ2n) is 7.47. The Balaban J connectivity index is 1.20. The number of nitrogens with one attached hydrogen (secondary N) is 3. The minimum atomic E-state index is -0.378. The van der Waals surface area contributed by atoms with Crippen molar-refractivity contribution in [1.82, 2.24) is 20.5 Å². The molecule has 0 saturated carbocycles. The molecule has 3 N–H and O–H groups in total. The molecule has 1 saturated heterocycles. The highest BCUT2D eigenvalue weighted by Crippen LogP contribution is 2.26. The Morgan fingerprint density at radius 2 is 1.82 bits per heavy atom. The number of benzene rings is 1. The SMILES string of the molecule is COc1ccc(N2C[C@@H](C(=O)NCCNc3ccc(Nc4ccccn4)nn3)CC2=O)cc1. The lowest BCUT2D eigenvalue weighted by Gasteiger charge is -2.17. The first-order valence-electron chi connectivity index (χ1n) is 10.6. The molecule has 1 fully saturated rings. The molecule has 0 spiro atoms. The maximum absolute atomic E-state index is 12.5. The number of hydrogen-bond acceptors (Lipinski definition) is 8. The Morgan fingerprint density at radius 1 is 1.03 bits per heavy atom. The molecule has 3 heterocycles. The van der Waals surface area contributed by atoms with Crippen molar-refractivity contribution in [3.63, 3.8) is 0 Å². The third kappa shape index (κ3) is 5.73. The van der Waals surface area contributed by atoms with E-state index in [2.05, 4.69) is 31.1 Å². The van der Waals surface area contributed by atoms with E-state index >= 15 is 0 Å². The average molecular weight is 447 g/mol. The molecule has 10 heteroatoms. The lowest BCUT2D eigenvalue weighted by Crippen LogP contribution is -2.35. The monoisotopic (exact) mass is 447 g/mol. The molecule has 3 aromatic rings. The molecule has 1 atom stereocenters. The van der Waals surface area contributed by atoms with Crippen LogP contribution in [-0.2, 0) is 9.59 Å². The van der Waals surface area contributed by atoms with Gasteiger partial charge in [0.1, 0.15) is 17.4 Å². The zero-order valence-electron chi connectivity index (χ0n) is 18.2. The summed E-state index contributed by atoms with van der Waals surface area (Å²) in [6.45, 7) is 1.25. The second kappa shape index (κ2) is 10.4. The molecular formula is C23H25N7O3. The number of anilines is 4. The first-order chi connectivity index (χ1) is 16.1. The number of rotatable bonds is 9. The van der Waals surface area contributed by atoms with Crippen LogP contribution >= 0.6 is 0 Å². The van der Waals surface area contributed by atoms with E-state index in [1.54, 1.807) is 42.5 Å². The van der Waals surface area contributed by atoms with Crippen LogP contribution in [0.2, 0.25) is 0 Å². The van der Waals surface area contributed by atoms with Crippen LogP contribution in [0.1, 0.15) is 6.42 Å². The third-order valence-corrected chi connectivity index (χ3v) is 5.20. The average Bonchev–Trinajstić information content (AvgIpc) is 3.25. The van der Waals surface area contributed by atoms with Crippen LogP contribution in [0.5, 0.6) is 5.75 Å². The fraction of sp³-hybridized carbons (Fsp3) is 0.261. The van der Waals surface area contributed by atoms with Crippen molar-refractivity contribution in [3.8, 4) is 5.75 Å². The Labute approximate surface area is 191 Å². The van der Waals surface area contributed by atoms with E-state index in [4.69, 9.17) is 4.74 Å². The molecule has 2 aromatic heterocycles. The predicted molar refractivity (Wildman–Crippen MR) is 125 cm³/mol. The maximum atomic E-state index is 12.5. The molecule has 0 unspecified atom stereocenters. The molecule has 33 heavy (non-hydrogen) atoms. The normalized spacial score (nSPS) is 15.2. The lowest BCUT2D eigenvalue weighted by molar-refractivity contribution is -0.126. The quantitative estimate of drug-likeness (QED) is 0.427. The van der Waals surface area contributed by atoms with Gasteiger partial charge < -0.3 is 25.6 Å². The number of nitrogens with zero attached hydrogens (tertiary/aromatic N) is 4. The molecule has 4 rings (SSSR count). The van der Waals surface area contributed by atoms with Crippen molar-refractivity contribution in [1.29, 1.82) is 0 Å². The number of aromatic nitrogens is 3. The molecule has 1 aliphatic rings. The van der Waals surface area contributed by atoms with Crippen molar-refractivity contribution in [2.45, 2.75) is 6.42 Å². The van der Waals surface area contributed by atoms with Gasteiger partial charge in [0.2, 0.25) is 11.8 Å². The van der Waals surface area contributed by atoms with Gasteiger partial charge in [0, 0.05) is 37.9 Å². The number of pyridine rings is 1. The zero-order valence-corrected chi connectivity index (χ0v) is 18.2. The van der Waals surface area contributed by atoms with Gasteiger partial charge in [-0.1, -0.05) is 6.07 Å². The highest BCUT2D eigenvalue weighted by atomic mass is 16.5. The smallest absolute Gasteiger partial charge is 0.227 e. The Bertz CT molecular complexity index is 1080. The Hall–Kier alpha value is -4.21. The summed E-state index contributed by atoms with van der Waals surface area (Å²) in [6, 6.07) is 16.4. The maximum Gasteiger partial charge on any atom is 0.227 e. The van der Waals surface area contributed by atoms with Crippen molar-refractivity contribution in [2.75, 3.05) is 42.3 Å². The van der Waals surface area contributed by atoms with Gasteiger partial charge >= 0.3 is 0 Å². The standard InChI is InChI=1S/C23H25N7O3/c1-33-18-7-5-17(6-8-18)30-15-16(14-22(30)31)23(32)26-13-12-25-20-9-10-21(29-28-20)27-19-4-2-3-11-24-19/h2-11,16H,12-15H2,1H3,(H,25,28)(H,26,32)(H,24,27,29)/t16-/m0/s1. The minimum absolute atomic E-state index is 0.0619. The van der Waals surface area contributed by atoms with Crippen molar-refractivity contribution >= 4 is 35.0 Å². The molecule has 170 valence electrons. The Kier molecular flexibility index (Phi) is 6.93. The first kappa shape index (κ1) is 22.0. The van der Waals surface area contributed by atoms with Crippen LogP contribution in [0, 0.1) is 5.92 Å². The van der Waals surface area contributed by atoms with Crippen molar-refractivity contribution < 1.29 is 14.3 Å². The van der Waals surface area contributed by atoms with Crippen LogP contribution in [0.3, 0.4) is 0 Å². The topological polar surface area (TPSA) is 121 Å². The van der Waals surface area contributed by atoms with Gasteiger partial charge in [-0.05, 0) is 48.5 Å². The van der Waals surface area contributed by atoms with Gasteiger partial charge in [0.25, 0.3) is 0 Å². The number of carbonyl (C=O) groups excluding carboxylic acids is 2. The number of carbonyl (C=O) groups is 2. The Morgan fingerprint density at radius 3 is 2.52 bits per heavy atom. The fourth-order valence-corrected chi connectivity index (χ4v) is 3.48. The summed E-state index contributed by atoms with van der Waals surface area (Å²) < 4.78 is 5.15. The number of amides is 2. The summed E-state index contributed by atoms with van der Waals surface area (Å²) in [5.74, 6) is 2.01. The van der Waals surface area contributed by atoms with Gasteiger partial charge in [0.15, 0.2) is 5.82 Å². The van der Waals surface area contributed by atoms with E-state index < -0.39 is 0 Å². The highest BCUT2D eigenvalue weighted by molar-refractivity contribution is 6.00. The van der Waals surface area contributed by atoms with Crippen LogP contribution < -0.4 is 25.6 Å². The van der Waals surface area contributed by atoms with Crippen molar-refractivity contribution in [2.24, 2.45) is 5.92 Å². The summed E-state index contributed by atoms with van der Waals surface area (Å²) in [4.78, 5) is 30.7. The minimum Gasteiger partial charge on any atom is -0.497 e. The number of methoxy groups -OCH3 is 1. The van der Waals surface area contributed by atoms with Crippen LogP contribution in [0.25, 0.3) is 0 Å². The summed E-state index contributed by atoms with van der Waals surface area (Å²) in [5.41, 5.74) is 0.761. The molecule has 2 amide bonds. The summed E-state index contributed by atoms with van der Waals surface area (Å²) in [7, 11) is 1.59. The second-order valence-corrected chi connectivity index (χ2v) is 7.47. The molecule has 0 bridgehead atoms. The first-order valence-corrected chi connectivity index (χ1v) is 10.6. The molecule has 0 aliphatic carbocycles. The highest BCUT2D eigenvalue weighted by Gasteiger charge is 2.34. The van der Waals surface area contributed by atoms with Crippen LogP contribution in [0.4, 0.5) is 23.1 Å². The predicted octanol–water partition coefficient (Wildman–Crippen LogP) is 2.20. The van der Waals surface area contributed by atoms with Crippen LogP contribution in [0.15, 0.2) is 60.8 Å². The van der Waals surface area contributed by atoms with Gasteiger partial charge in [0.05, 0.1) is 13.0 Å². The zero-order chi connectivity index (χ0) is 23.0. The summed E-state index contributed by atoms with van der Waals surface area (Å²) in [6.07, 6.45) is 1.89. The van der Waals surface area contributed by atoms with Crippen molar-refractivity contribution in [3.05, 3.63) is 60.8 Å². The van der Waals surface area contributed by atoms with E-state index in [-0.39, 0.29) is 24.2 Å². The van der Waals surface area contributed by atoms with Gasteiger partial charge in [-0.25, -0.2) is 4.98 Å². The fourth-order valence-electron chi connectivity index (χ4n) is 3.48. The number of ether oxygens (including phenoxy) is 1. The van der Waals surface area contributed by atoms with Crippen LogP contribution in [-0.4, -0.2) is 53.7 Å². The number of hydrogen-bond donors (Lipinski definition) is 3. The molecule has 0 radical (unpaired) electrons. The molecule has 1 aromatic carbocycles. The van der Waals surface area contributed by atoms with E-state index in [9.17, 15) is 9.59 Å². The van der Waals surface area contributed by atoms with E-state index in [1.165, 1.54) is 0 Å². The lowest BCUT2D eigenvalue weighted by atomic mass is 10.1. The summed E-state index contributed by atoms with van der Waals surface area (Å²) >= 11 is 0. The molecular weight excluding hydrogens is 422 g/mol. The summed E-state index contributed by atoms with van der Waals surface area (Å²) in [5, 5.41) is 17.3. The molecule has 10 nitrogen and oxygen atoms in total. The third-order valence-electron chi connectivity index (χ3n) is 5.20. The van der Waals surface area contributed by atoms with E-state index in [1.807, 2.05) is 30.3 Å². The molecule has 1 aliphatic heterocycles. The van der Waals surface area contributed by atoms with E-state index in [0.717, 1.165) is 11.4 Å². The van der Waals surface area contributed by atoms with E-state index in [0.29, 0.717) is 37.1 Å². The van der Waals surface area contributed by atoms with Gasteiger partial charge in [-0.3, -0.25) is 9.59 Å². The van der Waals surface area contributed by atoms with Gasteiger partial charge in [-0.15, -0.1) is 10.2 Å². The van der Waals surface area contributed by atoms with Gasteiger partial charge in [-0.2, -0.15) is 0 Å². The largest absolute Gasteiger partial charge is 0.497 e.